The molecule has 0 aliphatic carbocycles. The van der Waals surface area contributed by atoms with Gasteiger partial charge in [0, 0.05) is 60.2 Å². The van der Waals surface area contributed by atoms with Gasteiger partial charge in [-0.05, 0) is 48.7 Å². The Morgan fingerprint density at radius 3 is 2.64 bits per heavy atom. The Kier molecular flexibility index (Phi) is 5.33. The molecule has 1 spiro atoms. The molecule has 1 fully saturated rings. The molecule has 0 unspecified atom stereocenters. The Balaban J connectivity index is 1.35. The number of methoxy groups -OCH3 is 1. The standard InChI is InChI=1S/C27H29N3O6/c1-16(32)30-14-27(24-19-5-4-18(34-2)12-20(19)28-25(24)21(30)13-31)7-9-29(10-8-27)26(33)17-3-6-22-23(11-17)36-15-35-22/h3-6,11-12,21,28,31H,7-10,13-15H2,1-2H3/t21-/m1/s1. The molecule has 1 aromatic heterocycles. The van der Waals surface area contributed by atoms with E-state index in [0.717, 1.165) is 27.9 Å². The SMILES string of the molecule is COc1ccc2c3c([nH]c2c1)[C@@H](CO)N(C(C)=O)CC31CCN(C(=O)c2ccc3c(c2)OCO3)CC1. The zero-order valence-corrected chi connectivity index (χ0v) is 20.4. The van der Waals surface area contributed by atoms with Gasteiger partial charge in [0.15, 0.2) is 11.5 Å². The number of nitrogens with zero attached hydrogens (tertiary/aromatic N) is 2. The maximum atomic E-state index is 13.3. The highest BCUT2D eigenvalue weighted by Gasteiger charge is 2.48. The highest BCUT2D eigenvalue weighted by Crippen LogP contribution is 2.49. The number of amides is 2. The molecule has 6 rings (SSSR count). The minimum atomic E-state index is -0.435. The van der Waals surface area contributed by atoms with Gasteiger partial charge < -0.3 is 34.1 Å². The van der Waals surface area contributed by atoms with E-state index in [4.69, 9.17) is 14.2 Å². The normalized spacial score (nSPS) is 20.0. The lowest BCUT2D eigenvalue weighted by molar-refractivity contribution is -0.134. The van der Waals surface area contributed by atoms with Crippen molar-refractivity contribution in [2.24, 2.45) is 0 Å². The van der Waals surface area contributed by atoms with Crippen molar-refractivity contribution in [2.45, 2.75) is 31.2 Å². The van der Waals surface area contributed by atoms with Gasteiger partial charge in [0.25, 0.3) is 5.91 Å². The van der Waals surface area contributed by atoms with Crippen molar-refractivity contribution < 1.29 is 28.9 Å². The van der Waals surface area contributed by atoms with Gasteiger partial charge in [-0.25, -0.2) is 0 Å². The number of benzene rings is 2. The smallest absolute Gasteiger partial charge is 0.253 e. The third kappa shape index (κ3) is 3.41. The summed E-state index contributed by atoms with van der Waals surface area (Å²) in [5.41, 5.74) is 3.18. The Hall–Kier alpha value is -3.72. The number of nitrogens with one attached hydrogen (secondary N) is 1. The maximum Gasteiger partial charge on any atom is 0.253 e. The largest absolute Gasteiger partial charge is 0.497 e. The lowest BCUT2D eigenvalue weighted by atomic mass is 9.68. The number of aromatic nitrogens is 1. The Labute approximate surface area is 208 Å². The summed E-state index contributed by atoms with van der Waals surface area (Å²) in [6.07, 6.45) is 1.41. The average Bonchev–Trinajstić information content (AvgIpc) is 3.52. The summed E-state index contributed by atoms with van der Waals surface area (Å²) in [5, 5.41) is 11.3. The first-order chi connectivity index (χ1) is 17.4. The first kappa shape index (κ1) is 22.7. The predicted molar refractivity (Wildman–Crippen MR) is 131 cm³/mol. The fourth-order valence-corrected chi connectivity index (χ4v) is 6.10. The number of hydrogen-bond donors (Lipinski definition) is 2. The first-order valence-corrected chi connectivity index (χ1v) is 12.2. The van der Waals surface area contributed by atoms with E-state index < -0.39 is 6.04 Å². The van der Waals surface area contributed by atoms with Crippen LogP contribution in [0.25, 0.3) is 10.9 Å². The van der Waals surface area contributed by atoms with Crippen LogP contribution in [0.2, 0.25) is 0 Å². The molecule has 0 bridgehead atoms. The van der Waals surface area contributed by atoms with Crippen molar-refractivity contribution >= 4 is 22.7 Å². The van der Waals surface area contributed by atoms with Crippen LogP contribution < -0.4 is 14.2 Å². The van der Waals surface area contributed by atoms with Gasteiger partial charge >= 0.3 is 0 Å². The van der Waals surface area contributed by atoms with Crippen LogP contribution in [0, 0.1) is 0 Å². The van der Waals surface area contributed by atoms with Crippen molar-refractivity contribution in [2.75, 3.05) is 40.1 Å². The van der Waals surface area contributed by atoms with Crippen LogP contribution >= 0.6 is 0 Å². The molecular formula is C27H29N3O6. The fraction of sp³-hybridized carbons (Fsp3) is 0.407. The maximum absolute atomic E-state index is 13.3. The number of piperidine rings is 1. The summed E-state index contributed by atoms with van der Waals surface area (Å²) in [6.45, 7) is 3.17. The summed E-state index contributed by atoms with van der Waals surface area (Å²) < 4.78 is 16.2. The summed E-state index contributed by atoms with van der Waals surface area (Å²) in [4.78, 5) is 33.1. The van der Waals surface area contributed by atoms with Crippen molar-refractivity contribution in [1.29, 1.82) is 0 Å². The van der Waals surface area contributed by atoms with Crippen LogP contribution in [-0.4, -0.2) is 71.8 Å². The van der Waals surface area contributed by atoms with Gasteiger partial charge in [0.1, 0.15) is 5.75 Å². The molecule has 188 valence electrons. The number of fused-ring (bicyclic) bond motifs is 5. The van der Waals surface area contributed by atoms with Crippen molar-refractivity contribution in [3.8, 4) is 17.2 Å². The predicted octanol–water partition coefficient (Wildman–Crippen LogP) is 2.97. The minimum absolute atomic E-state index is 0.0421. The third-order valence-corrected chi connectivity index (χ3v) is 7.95. The molecule has 2 amide bonds. The van der Waals surface area contributed by atoms with E-state index in [1.54, 1.807) is 37.1 Å². The number of aromatic amines is 1. The number of carbonyl (C=O) groups excluding carboxylic acids is 2. The Bertz CT molecular complexity index is 1360. The van der Waals surface area contributed by atoms with E-state index in [9.17, 15) is 14.7 Å². The number of H-pyrrole nitrogens is 1. The van der Waals surface area contributed by atoms with E-state index in [-0.39, 0.29) is 30.6 Å². The fourth-order valence-electron chi connectivity index (χ4n) is 6.10. The van der Waals surface area contributed by atoms with Crippen LogP contribution in [0.5, 0.6) is 17.2 Å². The minimum Gasteiger partial charge on any atom is -0.497 e. The lowest BCUT2D eigenvalue weighted by Gasteiger charge is -2.50. The second-order valence-electron chi connectivity index (χ2n) is 9.81. The number of likely N-dealkylation sites (tertiary alicyclic amines) is 1. The number of ether oxygens (including phenoxy) is 3. The van der Waals surface area contributed by atoms with Crippen LogP contribution in [0.3, 0.4) is 0 Å². The van der Waals surface area contributed by atoms with Gasteiger partial charge in [0.2, 0.25) is 12.7 Å². The van der Waals surface area contributed by atoms with Gasteiger partial charge in [-0.15, -0.1) is 0 Å². The van der Waals surface area contributed by atoms with E-state index in [1.807, 2.05) is 23.1 Å². The first-order valence-electron chi connectivity index (χ1n) is 12.2. The molecule has 2 N–H and O–H groups in total. The number of hydrogen-bond acceptors (Lipinski definition) is 6. The second kappa shape index (κ2) is 8.44. The van der Waals surface area contributed by atoms with Crippen molar-refractivity contribution in [3.63, 3.8) is 0 Å². The Morgan fingerprint density at radius 1 is 1.14 bits per heavy atom. The average molecular weight is 492 g/mol. The molecule has 3 aromatic rings. The summed E-state index contributed by atoms with van der Waals surface area (Å²) >= 11 is 0. The van der Waals surface area contributed by atoms with Gasteiger partial charge in [-0.3, -0.25) is 9.59 Å². The molecule has 1 atom stereocenters. The zero-order chi connectivity index (χ0) is 25.0. The molecule has 3 aliphatic heterocycles. The summed E-state index contributed by atoms with van der Waals surface area (Å²) in [5.74, 6) is 1.86. The van der Waals surface area contributed by atoms with E-state index >= 15 is 0 Å². The monoisotopic (exact) mass is 491 g/mol. The second-order valence-corrected chi connectivity index (χ2v) is 9.81. The van der Waals surface area contributed by atoms with Crippen molar-refractivity contribution in [3.05, 3.63) is 53.2 Å². The van der Waals surface area contributed by atoms with E-state index in [0.29, 0.717) is 49.5 Å². The van der Waals surface area contributed by atoms with Crippen LogP contribution in [0.4, 0.5) is 0 Å². The topological polar surface area (TPSA) is 104 Å². The molecule has 36 heavy (non-hydrogen) atoms. The molecule has 0 radical (unpaired) electrons. The van der Waals surface area contributed by atoms with E-state index in [2.05, 4.69) is 4.98 Å². The molecule has 2 aromatic carbocycles. The lowest BCUT2D eigenvalue weighted by Crippen LogP contribution is -2.55. The Morgan fingerprint density at radius 2 is 1.92 bits per heavy atom. The van der Waals surface area contributed by atoms with Gasteiger partial charge in [-0.1, -0.05) is 0 Å². The number of rotatable bonds is 3. The molecule has 9 nitrogen and oxygen atoms in total. The zero-order valence-electron chi connectivity index (χ0n) is 20.4. The van der Waals surface area contributed by atoms with Gasteiger partial charge in [-0.2, -0.15) is 0 Å². The molecule has 0 saturated carbocycles. The number of aliphatic hydroxyl groups excluding tert-OH is 1. The highest BCUT2D eigenvalue weighted by atomic mass is 16.7. The number of carbonyl (C=O) groups is 2. The van der Waals surface area contributed by atoms with Crippen LogP contribution in [0.1, 0.15) is 47.4 Å². The summed E-state index contributed by atoms with van der Waals surface area (Å²) in [7, 11) is 1.63. The molecule has 1 saturated heterocycles. The van der Waals surface area contributed by atoms with Gasteiger partial charge in [0.05, 0.1) is 19.8 Å². The third-order valence-electron chi connectivity index (χ3n) is 7.95. The molecular weight excluding hydrogens is 462 g/mol. The van der Waals surface area contributed by atoms with Crippen LogP contribution in [0.15, 0.2) is 36.4 Å². The summed E-state index contributed by atoms with van der Waals surface area (Å²) in [6, 6.07) is 10.8. The van der Waals surface area contributed by atoms with Crippen LogP contribution in [-0.2, 0) is 10.2 Å². The molecule has 9 heteroatoms. The highest BCUT2D eigenvalue weighted by molar-refractivity contribution is 5.95. The van der Waals surface area contributed by atoms with E-state index in [1.165, 1.54) is 0 Å². The quantitative estimate of drug-likeness (QED) is 0.584. The van der Waals surface area contributed by atoms with Crippen molar-refractivity contribution in [1.82, 2.24) is 14.8 Å². The molecule has 4 heterocycles. The number of aliphatic hydroxyl groups is 1. The molecule has 3 aliphatic rings.